The molecule has 2 heterocycles. The van der Waals surface area contributed by atoms with Crippen LogP contribution in [0.4, 0.5) is 0 Å². The molecule has 0 aromatic carbocycles. The zero-order valence-corrected chi connectivity index (χ0v) is 10.5. The van der Waals surface area contributed by atoms with E-state index in [9.17, 15) is 0 Å². The van der Waals surface area contributed by atoms with Crippen LogP contribution < -0.4 is 5.32 Å². The molecule has 1 spiro atoms. The number of hydrogen-bond donors (Lipinski definition) is 1. The van der Waals surface area contributed by atoms with E-state index in [2.05, 4.69) is 22.3 Å². The second-order valence-electron chi connectivity index (χ2n) is 5.60. The SMILES string of the molecule is CC1CNC2(CCCC2)CN1Cc1ccno1. The minimum absolute atomic E-state index is 0.381. The topological polar surface area (TPSA) is 41.3 Å². The van der Waals surface area contributed by atoms with E-state index < -0.39 is 0 Å². The average Bonchev–Trinajstić information content (AvgIpc) is 2.96. The molecule has 1 saturated heterocycles. The van der Waals surface area contributed by atoms with Gasteiger partial charge in [-0.2, -0.15) is 0 Å². The number of hydrogen-bond acceptors (Lipinski definition) is 4. The lowest BCUT2D eigenvalue weighted by atomic mass is 9.92. The van der Waals surface area contributed by atoms with Gasteiger partial charge in [0.25, 0.3) is 0 Å². The first-order valence-electron chi connectivity index (χ1n) is 6.66. The van der Waals surface area contributed by atoms with Gasteiger partial charge in [-0.25, -0.2) is 0 Å². The molecule has 1 atom stereocenters. The molecule has 1 aliphatic carbocycles. The van der Waals surface area contributed by atoms with Crippen molar-refractivity contribution in [2.24, 2.45) is 0 Å². The fourth-order valence-electron chi connectivity index (χ4n) is 3.22. The Bertz CT molecular complexity index is 357. The number of nitrogens with zero attached hydrogens (tertiary/aromatic N) is 2. The summed E-state index contributed by atoms with van der Waals surface area (Å²) in [5.41, 5.74) is 0.381. The molecule has 94 valence electrons. The van der Waals surface area contributed by atoms with Crippen LogP contribution in [0, 0.1) is 0 Å². The Kier molecular flexibility index (Phi) is 2.92. The highest BCUT2D eigenvalue weighted by Crippen LogP contribution is 2.33. The highest BCUT2D eigenvalue weighted by atomic mass is 16.5. The summed E-state index contributed by atoms with van der Waals surface area (Å²) in [6, 6.07) is 2.54. The summed E-state index contributed by atoms with van der Waals surface area (Å²) in [6.07, 6.45) is 7.13. The van der Waals surface area contributed by atoms with E-state index in [1.807, 2.05) is 6.07 Å². The second-order valence-corrected chi connectivity index (χ2v) is 5.60. The van der Waals surface area contributed by atoms with Gasteiger partial charge < -0.3 is 9.84 Å². The van der Waals surface area contributed by atoms with Crippen LogP contribution in [-0.2, 0) is 6.54 Å². The van der Waals surface area contributed by atoms with Crippen molar-refractivity contribution in [3.05, 3.63) is 18.0 Å². The predicted molar refractivity (Wildman–Crippen MR) is 65.6 cm³/mol. The maximum absolute atomic E-state index is 5.22. The molecule has 17 heavy (non-hydrogen) atoms. The largest absolute Gasteiger partial charge is 0.360 e. The number of nitrogens with one attached hydrogen (secondary N) is 1. The van der Waals surface area contributed by atoms with Gasteiger partial charge in [0.05, 0.1) is 12.7 Å². The first kappa shape index (κ1) is 11.2. The molecule has 3 rings (SSSR count). The summed E-state index contributed by atoms with van der Waals surface area (Å²) in [7, 11) is 0. The molecule has 1 saturated carbocycles. The summed E-state index contributed by atoms with van der Waals surface area (Å²) in [5, 5.41) is 7.55. The first-order valence-corrected chi connectivity index (χ1v) is 6.66. The van der Waals surface area contributed by atoms with Gasteiger partial charge in [-0.3, -0.25) is 4.90 Å². The number of piperazine rings is 1. The molecule has 2 fully saturated rings. The van der Waals surface area contributed by atoms with Crippen LogP contribution in [0.2, 0.25) is 0 Å². The van der Waals surface area contributed by atoms with Crippen LogP contribution in [0.25, 0.3) is 0 Å². The standard InChI is InChI=1S/C13H21N3O/c1-11-8-14-13(5-2-3-6-13)10-16(11)9-12-4-7-15-17-12/h4,7,11,14H,2-3,5-6,8-10H2,1H3. The van der Waals surface area contributed by atoms with Crippen molar-refractivity contribution in [1.29, 1.82) is 0 Å². The Morgan fingerprint density at radius 3 is 3.06 bits per heavy atom. The normalized spacial score (nSPS) is 28.9. The maximum Gasteiger partial charge on any atom is 0.150 e. The highest BCUT2D eigenvalue weighted by molar-refractivity contribution is 5.02. The third-order valence-electron chi connectivity index (χ3n) is 4.31. The van der Waals surface area contributed by atoms with Crippen molar-refractivity contribution in [2.45, 2.75) is 50.7 Å². The van der Waals surface area contributed by atoms with Crippen LogP contribution in [-0.4, -0.2) is 34.7 Å². The Morgan fingerprint density at radius 1 is 1.53 bits per heavy atom. The van der Waals surface area contributed by atoms with Gasteiger partial charge >= 0.3 is 0 Å². The molecule has 0 amide bonds. The second kappa shape index (κ2) is 4.42. The van der Waals surface area contributed by atoms with Gasteiger partial charge in [0.2, 0.25) is 0 Å². The van der Waals surface area contributed by atoms with Gasteiger partial charge in [-0.1, -0.05) is 18.0 Å². The van der Waals surface area contributed by atoms with Crippen LogP contribution in [0.5, 0.6) is 0 Å². The summed E-state index contributed by atoms with van der Waals surface area (Å²) >= 11 is 0. The molecule has 1 unspecified atom stereocenters. The smallest absolute Gasteiger partial charge is 0.150 e. The Labute approximate surface area is 102 Å². The molecule has 1 aliphatic heterocycles. The van der Waals surface area contributed by atoms with Crippen molar-refractivity contribution in [3.63, 3.8) is 0 Å². The Hall–Kier alpha value is -0.870. The lowest BCUT2D eigenvalue weighted by Gasteiger charge is -2.45. The molecule has 4 nitrogen and oxygen atoms in total. The van der Waals surface area contributed by atoms with Crippen LogP contribution >= 0.6 is 0 Å². The predicted octanol–water partition coefficient (Wildman–Crippen LogP) is 1.78. The molecule has 1 N–H and O–H groups in total. The van der Waals surface area contributed by atoms with Gasteiger partial charge in [-0.15, -0.1) is 0 Å². The van der Waals surface area contributed by atoms with E-state index in [1.54, 1.807) is 6.20 Å². The summed E-state index contributed by atoms with van der Waals surface area (Å²) in [5.74, 6) is 0.979. The van der Waals surface area contributed by atoms with Crippen molar-refractivity contribution in [2.75, 3.05) is 13.1 Å². The minimum atomic E-state index is 0.381. The highest BCUT2D eigenvalue weighted by Gasteiger charge is 2.39. The van der Waals surface area contributed by atoms with Gasteiger partial charge in [-0.05, 0) is 19.8 Å². The van der Waals surface area contributed by atoms with Crippen molar-refractivity contribution in [3.8, 4) is 0 Å². The quantitative estimate of drug-likeness (QED) is 0.848. The van der Waals surface area contributed by atoms with Gasteiger partial charge in [0.1, 0.15) is 0 Å². The van der Waals surface area contributed by atoms with Crippen molar-refractivity contribution < 1.29 is 4.52 Å². The van der Waals surface area contributed by atoms with Crippen LogP contribution in [0.3, 0.4) is 0 Å². The number of rotatable bonds is 2. The Morgan fingerprint density at radius 2 is 2.35 bits per heavy atom. The summed E-state index contributed by atoms with van der Waals surface area (Å²) in [4.78, 5) is 2.53. The fraction of sp³-hybridized carbons (Fsp3) is 0.769. The molecule has 0 bridgehead atoms. The van der Waals surface area contributed by atoms with E-state index in [0.717, 1.165) is 25.4 Å². The molecular formula is C13H21N3O. The number of aromatic nitrogens is 1. The average molecular weight is 235 g/mol. The maximum atomic E-state index is 5.22. The van der Waals surface area contributed by atoms with Crippen LogP contribution in [0.15, 0.2) is 16.8 Å². The zero-order chi connectivity index (χ0) is 11.7. The van der Waals surface area contributed by atoms with Gasteiger partial charge in [0.15, 0.2) is 5.76 Å². The van der Waals surface area contributed by atoms with E-state index in [-0.39, 0.29) is 0 Å². The third kappa shape index (κ3) is 2.24. The van der Waals surface area contributed by atoms with Crippen molar-refractivity contribution >= 4 is 0 Å². The zero-order valence-electron chi connectivity index (χ0n) is 10.5. The van der Waals surface area contributed by atoms with Gasteiger partial charge in [0, 0.05) is 30.7 Å². The molecule has 1 aromatic heterocycles. The molecule has 0 radical (unpaired) electrons. The first-order chi connectivity index (χ1) is 8.27. The molecule has 1 aromatic rings. The van der Waals surface area contributed by atoms with E-state index >= 15 is 0 Å². The lowest BCUT2D eigenvalue weighted by Crippen LogP contribution is -2.61. The van der Waals surface area contributed by atoms with E-state index in [4.69, 9.17) is 4.52 Å². The summed E-state index contributed by atoms with van der Waals surface area (Å²) < 4.78 is 5.22. The van der Waals surface area contributed by atoms with E-state index in [0.29, 0.717) is 11.6 Å². The fourth-order valence-corrected chi connectivity index (χ4v) is 3.22. The van der Waals surface area contributed by atoms with Crippen LogP contribution in [0.1, 0.15) is 38.4 Å². The minimum Gasteiger partial charge on any atom is -0.360 e. The molecule has 2 aliphatic rings. The lowest BCUT2D eigenvalue weighted by molar-refractivity contribution is 0.0746. The summed E-state index contributed by atoms with van der Waals surface area (Å²) in [6.45, 7) is 5.42. The monoisotopic (exact) mass is 235 g/mol. The van der Waals surface area contributed by atoms with E-state index in [1.165, 1.54) is 25.7 Å². The molecular weight excluding hydrogens is 214 g/mol. The molecule has 4 heteroatoms. The third-order valence-corrected chi connectivity index (χ3v) is 4.31. The van der Waals surface area contributed by atoms with Crippen molar-refractivity contribution in [1.82, 2.24) is 15.4 Å². The Balaban J connectivity index is 1.69.